The number of amides is 1. The lowest BCUT2D eigenvalue weighted by Crippen LogP contribution is -2.34. The minimum absolute atomic E-state index is 0.0994. The first-order valence-electron chi connectivity index (χ1n) is 8.15. The van der Waals surface area contributed by atoms with Crippen LogP contribution in [0.25, 0.3) is 10.9 Å². The first kappa shape index (κ1) is 16.7. The van der Waals surface area contributed by atoms with Gasteiger partial charge in [0.05, 0.1) is 6.04 Å². The fourth-order valence-electron chi connectivity index (χ4n) is 2.95. The number of thiophene rings is 1. The van der Waals surface area contributed by atoms with Crippen molar-refractivity contribution in [2.24, 2.45) is 0 Å². The number of rotatable bonds is 7. The van der Waals surface area contributed by atoms with Crippen molar-refractivity contribution in [1.82, 2.24) is 15.2 Å². The number of aryl methyl sites for hydroxylation is 1. The Bertz CT molecular complexity index is 792. The third kappa shape index (κ3) is 3.86. The lowest BCUT2D eigenvalue weighted by atomic mass is 10.1. The van der Waals surface area contributed by atoms with E-state index < -0.39 is 0 Å². The molecule has 0 aliphatic carbocycles. The summed E-state index contributed by atoms with van der Waals surface area (Å²) in [5, 5.41) is 8.50. The third-order valence-corrected chi connectivity index (χ3v) is 5.04. The van der Waals surface area contributed by atoms with Crippen LogP contribution in [-0.4, -0.2) is 36.4 Å². The Labute approximate surface area is 146 Å². The summed E-state index contributed by atoms with van der Waals surface area (Å²) in [6.45, 7) is 0.635. The summed E-state index contributed by atoms with van der Waals surface area (Å²) in [6, 6.07) is 10.5. The average Bonchev–Trinajstić information content (AvgIpc) is 3.23. The van der Waals surface area contributed by atoms with Crippen LogP contribution in [0.4, 0.5) is 0 Å². The Morgan fingerprint density at radius 2 is 2.12 bits per heavy atom. The predicted octanol–water partition coefficient (Wildman–Crippen LogP) is 3.58. The van der Waals surface area contributed by atoms with E-state index in [9.17, 15) is 4.79 Å². The number of hydrogen-bond acceptors (Lipinski definition) is 3. The molecule has 1 aromatic carbocycles. The van der Waals surface area contributed by atoms with Gasteiger partial charge in [0.1, 0.15) is 0 Å². The molecular weight excluding hydrogens is 318 g/mol. The molecule has 4 nitrogen and oxygen atoms in total. The van der Waals surface area contributed by atoms with E-state index in [0.717, 1.165) is 11.9 Å². The van der Waals surface area contributed by atoms with Crippen LogP contribution < -0.4 is 5.32 Å². The van der Waals surface area contributed by atoms with Crippen LogP contribution in [-0.2, 0) is 11.2 Å². The molecule has 0 radical (unpaired) electrons. The number of aromatic amines is 1. The summed E-state index contributed by atoms with van der Waals surface area (Å²) in [6.07, 6.45) is 3.26. The monoisotopic (exact) mass is 341 g/mol. The molecule has 24 heavy (non-hydrogen) atoms. The van der Waals surface area contributed by atoms with E-state index in [1.54, 1.807) is 11.3 Å². The molecule has 126 valence electrons. The quantitative estimate of drug-likeness (QED) is 0.690. The van der Waals surface area contributed by atoms with E-state index in [4.69, 9.17) is 0 Å². The Balaban J connectivity index is 1.54. The van der Waals surface area contributed by atoms with E-state index in [-0.39, 0.29) is 11.9 Å². The summed E-state index contributed by atoms with van der Waals surface area (Å²) in [4.78, 5) is 17.6. The number of nitrogens with one attached hydrogen (secondary N) is 2. The zero-order valence-electron chi connectivity index (χ0n) is 14.1. The van der Waals surface area contributed by atoms with E-state index >= 15 is 0 Å². The Kier molecular flexibility index (Phi) is 5.33. The topological polar surface area (TPSA) is 48.1 Å². The van der Waals surface area contributed by atoms with Gasteiger partial charge in [0.15, 0.2) is 0 Å². The van der Waals surface area contributed by atoms with Crippen LogP contribution in [0.1, 0.15) is 23.6 Å². The summed E-state index contributed by atoms with van der Waals surface area (Å²) in [7, 11) is 4.08. The van der Waals surface area contributed by atoms with Gasteiger partial charge in [0.2, 0.25) is 5.91 Å². The number of hydrogen-bond donors (Lipinski definition) is 2. The SMILES string of the molecule is CN(C)[C@H](CNC(=O)CCc1c[nH]c2ccccc12)c1ccsc1. The van der Waals surface area contributed by atoms with E-state index in [1.807, 2.05) is 32.4 Å². The van der Waals surface area contributed by atoms with Crippen molar-refractivity contribution in [3.05, 3.63) is 58.4 Å². The Morgan fingerprint density at radius 1 is 1.29 bits per heavy atom. The molecule has 0 aliphatic heterocycles. The van der Waals surface area contributed by atoms with Crippen molar-refractivity contribution < 1.29 is 4.79 Å². The van der Waals surface area contributed by atoms with Gasteiger partial charge in [-0.2, -0.15) is 11.3 Å². The molecule has 0 saturated carbocycles. The largest absolute Gasteiger partial charge is 0.361 e. The first-order chi connectivity index (χ1) is 11.6. The van der Waals surface area contributed by atoms with Crippen molar-refractivity contribution in [2.75, 3.05) is 20.6 Å². The van der Waals surface area contributed by atoms with Gasteiger partial charge in [-0.25, -0.2) is 0 Å². The zero-order chi connectivity index (χ0) is 16.9. The minimum Gasteiger partial charge on any atom is -0.361 e. The highest BCUT2D eigenvalue weighted by molar-refractivity contribution is 7.07. The molecule has 2 aromatic heterocycles. The minimum atomic E-state index is 0.0994. The van der Waals surface area contributed by atoms with E-state index in [0.29, 0.717) is 13.0 Å². The molecule has 3 aromatic rings. The van der Waals surface area contributed by atoms with Crippen molar-refractivity contribution in [3.8, 4) is 0 Å². The molecule has 0 aliphatic rings. The van der Waals surface area contributed by atoms with Gasteiger partial charge in [0.25, 0.3) is 0 Å². The smallest absolute Gasteiger partial charge is 0.220 e. The molecule has 2 N–H and O–H groups in total. The molecule has 0 saturated heterocycles. The highest BCUT2D eigenvalue weighted by Gasteiger charge is 2.15. The fraction of sp³-hybridized carbons (Fsp3) is 0.316. The highest BCUT2D eigenvalue weighted by atomic mass is 32.1. The standard InChI is InChI=1S/C19H23N3OS/c1-22(2)18(15-9-10-24-13-15)12-21-19(23)8-7-14-11-20-17-6-4-3-5-16(14)17/h3-6,9-11,13,18,20H,7-8,12H2,1-2H3,(H,21,23)/t18-/m1/s1. The highest BCUT2D eigenvalue weighted by Crippen LogP contribution is 2.21. The molecule has 5 heteroatoms. The zero-order valence-corrected chi connectivity index (χ0v) is 14.9. The van der Waals surface area contributed by atoms with Crippen molar-refractivity contribution in [2.45, 2.75) is 18.9 Å². The van der Waals surface area contributed by atoms with Gasteiger partial charge in [-0.15, -0.1) is 0 Å². The second-order valence-corrected chi connectivity index (χ2v) is 6.98. The van der Waals surface area contributed by atoms with Crippen LogP contribution in [0.5, 0.6) is 0 Å². The summed E-state index contributed by atoms with van der Waals surface area (Å²) in [5.41, 5.74) is 3.57. The first-order valence-corrected chi connectivity index (χ1v) is 9.09. The van der Waals surface area contributed by atoms with Gasteiger partial charge in [-0.05, 0) is 54.5 Å². The maximum absolute atomic E-state index is 12.2. The normalized spacial score (nSPS) is 12.6. The van der Waals surface area contributed by atoms with Gasteiger partial charge < -0.3 is 15.2 Å². The molecule has 1 atom stereocenters. The molecule has 2 heterocycles. The van der Waals surface area contributed by atoms with Crippen molar-refractivity contribution in [3.63, 3.8) is 0 Å². The van der Waals surface area contributed by atoms with Crippen LogP contribution in [0, 0.1) is 0 Å². The summed E-state index contributed by atoms with van der Waals surface area (Å²) < 4.78 is 0. The Morgan fingerprint density at radius 3 is 2.88 bits per heavy atom. The van der Waals surface area contributed by atoms with Gasteiger partial charge in [-0.1, -0.05) is 18.2 Å². The Hall–Kier alpha value is -2.11. The fourth-order valence-corrected chi connectivity index (χ4v) is 3.66. The third-order valence-electron chi connectivity index (χ3n) is 4.34. The number of carbonyl (C=O) groups is 1. The molecule has 1 amide bonds. The maximum Gasteiger partial charge on any atom is 0.220 e. The van der Waals surface area contributed by atoms with Gasteiger partial charge in [-0.3, -0.25) is 4.79 Å². The summed E-state index contributed by atoms with van der Waals surface area (Å²) >= 11 is 1.69. The number of H-pyrrole nitrogens is 1. The number of benzene rings is 1. The second kappa shape index (κ2) is 7.64. The number of carbonyl (C=O) groups excluding carboxylic acids is 1. The average molecular weight is 341 g/mol. The lowest BCUT2D eigenvalue weighted by Gasteiger charge is -2.24. The van der Waals surface area contributed by atoms with Crippen LogP contribution >= 0.6 is 11.3 Å². The molecule has 3 rings (SSSR count). The van der Waals surface area contributed by atoms with Gasteiger partial charge in [0, 0.05) is 30.1 Å². The number of nitrogens with zero attached hydrogens (tertiary/aromatic N) is 1. The lowest BCUT2D eigenvalue weighted by molar-refractivity contribution is -0.121. The number of likely N-dealkylation sites (N-methyl/N-ethyl adjacent to an activating group) is 1. The maximum atomic E-state index is 12.2. The molecule has 0 spiro atoms. The molecular formula is C19H23N3OS. The summed E-state index contributed by atoms with van der Waals surface area (Å²) in [5.74, 6) is 0.0994. The van der Waals surface area contributed by atoms with Crippen molar-refractivity contribution in [1.29, 1.82) is 0 Å². The number of fused-ring (bicyclic) bond motifs is 1. The van der Waals surface area contributed by atoms with Crippen LogP contribution in [0.3, 0.4) is 0 Å². The van der Waals surface area contributed by atoms with E-state index in [2.05, 4.69) is 44.2 Å². The second-order valence-electron chi connectivity index (χ2n) is 6.20. The van der Waals surface area contributed by atoms with Crippen LogP contribution in [0.2, 0.25) is 0 Å². The van der Waals surface area contributed by atoms with Crippen LogP contribution in [0.15, 0.2) is 47.3 Å². The van der Waals surface area contributed by atoms with Gasteiger partial charge >= 0.3 is 0 Å². The number of aromatic nitrogens is 1. The predicted molar refractivity (Wildman–Crippen MR) is 100 cm³/mol. The van der Waals surface area contributed by atoms with E-state index in [1.165, 1.54) is 16.5 Å². The van der Waals surface area contributed by atoms with Crippen molar-refractivity contribution >= 4 is 28.1 Å². The molecule has 0 fully saturated rings. The molecule has 0 unspecified atom stereocenters. The number of para-hydroxylation sites is 1. The molecule has 0 bridgehead atoms.